The maximum absolute atomic E-state index is 13.0. The molecule has 0 fully saturated rings. The predicted molar refractivity (Wildman–Crippen MR) is 115 cm³/mol. The van der Waals surface area contributed by atoms with Crippen LogP contribution in [0.5, 0.6) is 5.75 Å². The second kappa shape index (κ2) is 8.82. The van der Waals surface area contributed by atoms with Crippen molar-refractivity contribution >= 4 is 44.0 Å². The summed E-state index contributed by atoms with van der Waals surface area (Å²) in [5.41, 5.74) is 0.622. The Labute approximate surface area is 175 Å². The van der Waals surface area contributed by atoms with E-state index in [2.05, 4.69) is 5.32 Å². The molecule has 3 aromatic rings. The van der Waals surface area contributed by atoms with Gasteiger partial charge in [-0.25, -0.2) is 8.42 Å². The van der Waals surface area contributed by atoms with E-state index < -0.39 is 15.9 Å². The van der Waals surface area contributed by atoms with Crippen molar-refractivity contribution in [3.8, 4) is 5.75 Å². The van der Waals surface area contributed by atoms with E-state index in [1.165, 1.54) is 19.2 Å². The molecule has 3 rings (SSSR count). The van der Waals surface area contributed by atoms with Crippen molar-refractivity contribution in [2.24, 2.45) is 0 Å². The summed E-state index contributed by atoms with van der Waals surface area (Å²) in [5, 5.41) is 4.91. The first-order valence-corrected chi connectivity index (χ1v) is 10.8. The monoisotopic (exact) mass is 432 g/mol. The Balaban J connectivity index is 1.81. The third-order valence-electron chi connectivity index (χ3n) is 4.32. The van der Waals surface area contributed by atoms with Crippen LogP contribution >= 0.6 is 11.6 Å². The highest BCUT2D eigenvalue weighted by Gasteiger charge is 2.27. The van der Waals surface area contributed by atoms with Gasteiger partial charge in [0.05, 0.1) is 13.2 Å². The second-order valence-corrected chi connectivity index (χ2v) is 8.81. The number of halogens is 1. The number of nitrogens with zero attached hydrogens (tertiary/aromatic N) is 1. The number of sulfonamides is 1. The lowest BCUT2D eigenvalue weighted by atomic mass is 10.1. The fourth-order valence-electron chi connectivity index (χ4n) is 2.94. The van der Waals surface area contributed by atoms with Crippen LogP contribution < -0.4 is 10.1 Å². The number of carbonyl (C=O) groups excluding carboxylic acids is 1. The van der Waals surface area contributed by atoms with Crippen LogP contribution in [0.25, 0.3) is 10.8 Å². The first-order chi connectivity index (χ1) is 13.8. The topological polar surface area (TPSA) is 75.7 Å². The largest absolute Gasteiger partial charge is 0.492 e. The normalized spacial score (nSPS) is 11.6. The average Bonchev–Trinajstić information content (AvgIpc) is 2.69. The maximum atomic E-state index is 13.0. The minimum atomic E-state index is -3.98. The van der Waals surface area contributed by atoms with Crippen molar-refractivity contribution in [1.82, 2.24) is 4.31 Å². The number of benzene rings is 3. The summed E-state index contributed by atoms with van der Waals surface area (Å²) in [6, 6.07) is 17.6. The molecule has 8 heteroatoms. The third-order valence-corrected chi connectivity index (χ3v) is 6.38. The highest BCUT2D eigenvalue weighted by molar-refractivity contribution is 7.89. The van der Waals surface area contributed by atoms with Crippen molar-refractivity contribution in [2.75, 3.05) is 25.5 Å². The number of hydrogen-bond acceptors (Lipinski definition) is 4. The van der Waals surface area contributed by atoms with Gasteiger partial charge < -0.3 is 10.1 Å². The number of hydrogen-bond donors (Lipinski definition) is 1. The Morgan fingerprint density at radius 3 is 2.59 bits per heavy atom. The number of ether oxygens (including phenoxy) is 1. The molecule has 1 amide bonds. The van der Waals surface area contributed by atoms with Gasteiger partial charge in [-0.3, -0.25) is 4.79 Å². The van der Waals surface area contributed by atoms with Crippen molar-refractivity contribution in [1.29, 1.82) is 0 Å². The zero-order valence-electron chi connectivity index (χ0n) is 16.1. The van der Waals surface area contributed by atoms with Gasteiger partial charge in [0.1, 0.15) is 10.6 Å². The van der Waals surface area contributed by atoms with E-state index in [4.69, 9.17) is 16.3 Å². The molecule has 0 aromatic heterocycles. The van der Waals surface area contributed by atoms with E-state index in [-0.39, 0.29) is 22.2 Å². The standard InChI is InChI=1S/C21H21ClN2O4S/c1-3-28-19-12-11-16(22)13-20(19)29(26,27)24(2)14-21(25)23-18-10-6-8-15-7-4-5-9-17(15)18/h4-13H,3,14H2,1-2H3,(H,23,25). The lowest BCUT2D eigenvalue weighted by Crippen LogP contribution is -2.35. The summed E-state index contributed by atoms with van der Waals surface area (Å²) in [5.74, 6) is -0.259. The van der Waals surface area contributed by atoms with Crippen molar-refractivity contribution in [3.05, 3.63) is 65.7 Å². The van der Waals surface area contributed by atoms with Gasteiger partial charge in [0.2, 0.25) is 15.9 Å². The average molecular weight is 433 g/mol. The molecule has 0 aliphatic heterocycles. The zero-order valence-corrected chi connectivity index (χ0v) is 17.6. The third kappa shape index (κ3) is 4.70. The van der Waals surface area contributed by atoms with Gasteiger partial charge in [0, 0.05) is 23.1 Å². The van der Waals surface area contributed by atoms with Gasteiger partial charge in [-0.15, -0.1) is 0 Å². The Morgan fingerprint density at radius 2 is 1.83 bits per heavy atom. The Bertz CT molecular complexity index is 1140. The summed E-state index contributed by atoms with van der Waals surface area (Å²) in [7, 11) is -2.64. The number of amides is 1. The summed E-state index contributed by atoms with van der Waals surface area (Å²) in [6.45, 7) is 1.70. The van der Waals surface area contributed by atoms with E-state index in [1.807, 2.05) is 36.4 Å². The molecule has 0 bridgehead atoms. The smallest absolute Gasteiger partial charge is 0.247 e. The van der Waals surface area contributed by atoms with Gasteiger partial charge in [-0.05, 0) is 36.6 Å². The Kier molecular flexibility index (Phi) is 6.42. The van der Waals surface area contributed by atoms with Crippen molar-refractivity contribution < 1.29 is 17.9 Å². The Hall–Kier alpha value is -2.61. The second-order valence-electron chi connectivity index (χ2n) is 6.36. The number of nitrogens with one attached hydrogen (secondary N) is 1. The molecule has 0 unspecified atom stereocenters. The summed E-state index contributed by atoms with van der Waals surface area (Å²) in [6.07, 6.45) is 0. The Morgan fingerprint density at radius 1 is 1.10 bits per heavy atom. The molecule has 0 aliphatic rings. The number of anilines is 1. The number of rotatable bonds is 7. The molecule has 152 valence electrons. The molecule has 0 saturated heterocycles. The lowest BCUT2D eigenvalue weighted by Gasteiger charge is -2.19. The molecule has 0 saturated carbocycles. The van der Waals surface area contributed by atoms with E-state index in [0.717, 1.165) is 15.1 Å². The fourth-order valence-corrected chi connectivity index (χ4v) is 4.45. The molecule has 29 heavy (non-hydrogen) atoms. The number of carbonyl (C=O) groups is 1. The molecule has 1 N–H and O–H groups in total. The highest BCUT2D eigenvalue weighted by atomic mass is 35.5. The van der Waals surface area contributed by atoms with Gasteiger partial charge in [0.15, 0.2) is 0 Å². The van der Waals surface area contributed by atoms with E-state index in [9.17, 15) is 13.2 Å². The fraction of sp³-hybridized carbons (Fsp3) is 0.190. The highest BCUT2D eigenvalue weighted by Crippen LogP contribution is 2.29. The van der Waals surface area contributed by atoms with Crippen LogP contribution in [0.1, 0.15) is 6.92 Å². The summed E-state index contributed by atoms with van der Waals surface area (Å²) in [4.78, 5) is 12.5. The molecule has 0 spiro atoms. The van der Waals surface area contributed by atoms with Crippen LogP contribution in [0, 0.1) is 0 Å². The molecule has 6 nitrogen and oxygen atoms in total. The summed E-state index contributed by atoms with van der Waals surface area (Å²) < 4.78 is 32.4. The quantitative estimate of drug-likeness (QED) is 0.608. The van der Waals surface area contributed by atoms with Crippen LogP contribution in [0.2, 0.25) is 5.02 Å². The van der Waals surface area contributed by atoms with Gasteiger partial charge in [-0.2, -0.15) is 4.31 Å². The molecule has 0 heterocycles. The van der Waals surface area contributed by atoms with Gasteiger partial charge in [-0.1, -0.05) is 48.0 Å². The minimum absolute atomic E-state index is 0.0766. The number of fused-ring (bicyclic) bond motifs is 1. The summed E-state index contributed by atoms with van der Waals surface area (Å²) >= 11 is 5.98. The molecule has 0 radical (unpaired) electrons. The zero-order chi connectivity index (χ0) is 21.0. The molecule has 0 aliphatic carbocycles. The molecular weight excluding hydrogens is 412 g/mol. The number of likely N-dealkylation sites (N-methyl/N-ethyl adjacent to an activating group) is 1. The van der Waals surface area contributed by atoms with Gasteiger partial charge >= 0.3 is 0 Å². The van der Waals surface area contributed by atoms with Gasteiger partial charge in [0.25, 0.3) is 0 Å². The van der Waals surface area contributed by atoms with E-state index in [0.29, 0.717) is 12.3 Å². The van der Waals surface area contributed by atoms with Crippen LogP contribution in [0.4, 0.5) is 5.69 Å². The molecular formula is C21H21ClN2O4S. The van der Waals surface area contributed by atoms with Crippen LogP contribution in [0.15, 0.2) is 65.6 Å². The predicted octanol–water partition coefficient (Wildman–Crippen LogP) is 4.15. The first kappa shape index (κ1) is 21.1. The van der Waals surface area contributed by atoms with E-state index in [1.54, 1.807) is 19.1 Å². The van der Waals surface area contributed by atoms with E-state index >= 15 is 0 Å². The molecule has 3 aromatic carbocycles. The molecule has 0 atom stereocenters. The first-order valence-electron chi connectivity index (χ1n) is 8.99. The maximum Gasteiger partial charge on any atom is 0.247 e. The SMILES string of the molecule is CCOc1ccc(Cl)cc1S(=O)(=O)N(C)CC(=O)Nc1cccc2ccccc12. The van der Waals surface area contributed by atoms with Crippen LogP contribution in [0.3, 0.4) is 0 Å². The van der Waals surface area contributed by atoms with Crippen LogP contribution in [-0.2, 0) is 14.8 Å². The van der Waals surface area contributed by atoms with Crippen molar-refractivity contribution in [2.45, 2.75) is 11.8 Å². The van der Waals surface area contributed by atoms with Crippen molar-refractivity contribution in [3.63, 3.8) is 0 Å². The van der Waals surface area contributed by atoms with Crippen LogP contribution in [-0.4, -0.2) is 38.8 Å². The lowest BCUT2D eigenvalue weighted by molar-refractivity contribution is -0.116. The minimum Gasteiger partial charge on any atom is -0.492 e.